The molecule has 0 aliphatic carbocycles. The molecule has 0 amide bonds. The summed E-state index contributed by atoms with van der Waals surface area (Å²) in [6, 6.07) is 1.28. The number of methoxy groups -OCH3 is 1. The quantitative estimate of drug-likeness (QED) is 0.610. The van der Waals surface area contributed by atoms with E-state index in [0.717, 1.165) is 3.57 Å². The number of rotatable bonds is 2. The lowest BCUT2D eigenvalue weighted by atomic mass is 10.5. The van der Waals surface area contributed by atoms with Gasteiger partial charge in [-0.1, -0.05) is 0 Å². The van der Waals surface area contributed by atoms with Gasteiger partial charge in [0, 0.05) is 22.9 Å². The summed E-state index contributed by atoms with van der Waals surface area (Å²) in [5.41, 5.74) is 0. The Balaban J connectivity index is 3.30. The smallest absolute Gasteiger partial charge is 0.278 e. The molecule has 0 radical (unpaired) electrons. The zero-order chi connectivity index (χ0) is 10.1. The zero-order valence-corrected chi connectivity index (χ0v) is 10.2. The van der Waals surface area contributed by atoms with Crippen LogP contribution in [-0.2, 0) is 9.05 Å². The van der Waals surface area contributed by atoms with E-state index in [1.54, 1.807) is 0 Å². The highest BCUT2D eigenvalue weighted by atomic mass is 127. The highest BCUT2D eigenvalue weighted by Gasteiger charge is 2.14. The van der Waals surface area contributed by atoms with Crippen molar-refractivity contribution in [3.05, 3.63) is 15.8 Å². The van der Waals surface area contributed by atoms with E-state index in [4.69, 9.17) is 15.4 Å². The maximum Gasteiger partial charge on any atom is 0.278 e. The second-order valence-corrected chi connectivity index (χ2v) is 5.77. The molecule has 0 fully saturated rings. The zero-order valence-electron chi connectivity index (χ0n) is 6.49. The van der Waals surface area contributed by atoms with E-state index in [1.165, 1.54) is 19.4 Å². The Bertz CT molecular complexity index is 420. The first kappa shape index (κ1) is 11.0. The van der Waals surface area contributed by atoms with Crippen LogP contribution >= 0.6 is 33.3 Å². The van der Waals surface area contributed by atoms with Gasteiger partial charge in [0.25, 0.3) is 9.05 Å². The fourth-order valence-corrected chi connectivity index (χ4v) is 1.89. The van der Waals surface area contributed by atoms with Crippen molar-refractivity contribution in [1.29, 1.82) is 0 Å². The van der Waals surface area contributed by atoms with Gasteiger partial charge in [-0.2, -0.15) is 0 Å². The van der Waals surface area contributed by atoms with Crippen molar-refractivity contribution >= 4 is 42.3 Å². The van der Waals surface area contributed by atoms with Crippen LogP contribution in [0.5, 0.6) is 5.75 Å². The topological polar surface area (TPSA) is 56.3 Å². The van der Waals surface area contributed by atoms with Gasteiger partial charge in [0.2, 0.25) is 0 Å². The van der Waals surface area contributed by atoms with Gasteiger partial charge in [-0.25, -0.2) is 13.4 Å². The van der Waals surface area contributed by atoms with Crippen molar-refractivity contribution in [3.8, 4) is 5.75 Å². The second kappa shape index (κ2) is 3.97. The van der Waals surface area contributed by atoms with Crippen LogP contribution in [0.1, 0.15) is 0 Å². The standard InChI is InChI=1S/C6H5ClINO3S/c1-12-5-2-6(13(7,10)11)9-3-4(5)8/h2-3H,1H3. The second-order valence-electron chi connectivity index (χ2n) is 2.09. The molecule has 0 spiro atoms. The summed E-state index contributed by atoms with van der Waals surface area (Å²) in [5.74, 6) is 0.440. The van der Waals surface area contributed by atoms with Crippen molar-refractivity contribution in [2.75, 3.05) is 7.11 Å². The predicted octanol–water partition coefficient (Wildman–Crippen LogP) is 1.62. The molecule has 0 atom stereocenters. The van der Waals surface area contributed by atoms with Crippen molar-refractivity contribution in [2.45, 2.75) is 5.03 Å². The van der Waals surface area contributed by atoms with Gasteiger partial charge in [0.1, 0.15) is 5.75 Å². The van der Waals surface area contributed by atoms with Crippen LogP contribution in [0.25, 0.3) is 0 Å². The van der Waals surface area contributed by atoms with Crippen LogP contribution in [0.15, 0.2) is 17.3 Å². The van der Waals surface area contributed by atoms with E-state index in [2.05, 4.69) is 4.98 Å². The van der Waals surface area contributed by atoms with E-state index >= 15 is 0 Å². The van der Waals surface area contributed by atoms with Crippen LogP contribution in [-0.4, -0.2) is 20.5 Å². The number of hydrogen-bond donors (Lipinski definition) is 0. The summed E-state index contributed by atoms with van der Waals surface area (Å²) in [6.45, 7) is 0. The normalized spacial score (nSPS) is 11.3. The highest BCUT2D eigenvalue weighted by Crippen LogP contribution is 2.23. The number of ether oxygens (including phenoxy) is 1. The Labute approximate surface area is 93.8 Å². The van der Waals surface area contributed by atoms with Gasteiger partial charge in [-0.15, -0.1) is 0 Å². The number of aromatic nitrogens is 1. The fraction of sp³-hybridized carbons (Fsp3) is 0.167. The first-order valence-electron chi connectivity index (χ1n) is 3.09. The minimum absolute atomic E-state index is 0.202. The molecule has 7 heteroatoms. The number of pyridine rings is 1. The molecule has 0 N–H and O–H groups in total. The summed E-state index contributed by atoms with van der Waals surface area (Å²) in [6.07, 6.45) is 1.38. The third-order valence-corrected chi connectivity index (χ3v) is 3.27. The Morgan fingerprint density at radius 3 is 2.69 bits per heavy atom. The molecule has 0 saturated heterocycles. The van der Waals surface area contributed by atoms with E-state index in [0.29, 0.717) is 5.75 Å². The average molecular weight is 334 g/mol. The number of nitrogens with zero attached hydrogens (tertiary/aromatic N) is 1. The third-order valence-electron chi connectivity index (χ3n) is 1.26. The largest absolute Gasteiger partial charge is 0.495 e. The molecule has 0 bridgehead atoms. The molecule has 1 aromatic rings. The van der Waals surface area contributed by atoms with Crippen molar-refractivity contribution in [2.24, 2.45) is 0 Å². The van der Waals surface area contributed by atoms with Crippen LogP contribution in [0.4, 0.5) is 0 Å². The predicted molar refractivity (Wildman–Crippen MR) is 56.5 cm³/mol. The van der Waals surface area contributed by atoms with E-state index in [-0.39, 0.29) is 5.03 Å². The van der Waals surface area contributed by atoms with Crippen LogP contribution in [0.2, 0.25) is 0 Å². The lowest BCUT2D eigenvalue weighted by Gasteiger charge is -2.02. The maximum absolute atomic E-state index is 10.9. The van der Waals surface area contributed by atoms with Crippen LogP contribution < -0.4 is 4.74 Å². The van der Waals surface area contributed by atoms with E-state index in [9.17, 15) is 8.42 Å². The molecule has 0 aliphatic heterocycles. The maximum atomic E-state index is 10.9. The number of hydrogen-bond acceptors (Lipinski definition) is 4. The molecule has 1 heterocycles. The lowest BCUT2D eigenvalue weighted by Crippen LogP contribution is -1.97. The molecular weight excluding hydrogens is 328 g/mol. The fourth-order valence-electron chi connectivity index (χ4n) is 0.692. The van der Waals surface area contributed by atoms with Gasteiger partial charge in [-0.3, -0.25) is 0 Å². The first-order chi connectivity index (χ1) is 5.95. The molecule has 1 rings (SSSR count). The molecule has 1 aromatic heterocycles. The molecule has 72 valence electrons. The Morgan fingerprint density at radius 1 is 1.62 bits per heavy atom. The highest BCUT2D eigenvalue weighted by molar-refractivity contribution is 14.1. The molecule has 0 aromatic carbocycles. The van der Waals surface area contributed by atoms with Crippen LogP contribution in [0, 0.1) is 3.57 Å². The van der Waals surface area contributed by atoms with E-state index in [1.807, 2.05) is 22.6 Å². The van der Waals surface area contributed by atoms with Gasteiger partial charge >= 0.3 is 0 Å². The molecule has 0 aliphatic rings. The summed E-state index contributed by atoms with van der Waals surface area (Å²) in [7, 11) is 2.76. The number of halogens is 2. The van der Waals surface area contributed by atoms with Crippen molar-refractivity contribution < 1.29 is 13.2 Å². The third kappa shape index (κ3) is 2.68. The monoisotopic (exact) mass is 333 g/mol. The van der Waals surface area contributed by atoms with Gasteiger partial charge in [0.15, 0.2) is 5.03 Å². The van der Waals surface area contributed by atoms with Crippen molar-refractivity contribution in [1.82, 2.24) is 4.98 Å². The minimum Gasteiger partial charge on any atom is -0.495 e. The summed E-state index contributed by atoms with van der Waals surface area (Å²) in [5, 5.41) is -0.202. The summed E-state index contributed by atoms with van der Waals surface area (Å²) >= 11 is 1.98. The molecule has 4 nitrogen and oxygen atoms in total. The average Bonchev–Trinajstić information content (AvgIpc) is 2.03. The van der Waals surface area contributed by atoms with Gasteiger partial charge in [0.05, 0.1) is 10.7 Å². The first-order valence-corrected chi connectivity index (χ1v) is 6.48. The summed E-state index contributed by atoms with van der Waals surface area (Å²) in [4.78, 5) is 3.65. The van der Waals surface area contributed by atoms with E-state index < -0.39 is 9.05 Å². The Morgan fingerprint density at radius 2 is 2.23 bits per heavy atom. The van der Waals surface area contributed by atoms with Crippen molar-refractivity contribution in [3.63, 3.8) is 0 Å². The van der Waals surface area contributed by atoms with Gasteiger partial charge < -0.3 is 4.74 Å². The molecule has 0 unspecified atom stereocenters. The SMILES string of the molecule is COc1cc(S(=O)(=O)Cl)ncc1I. The molecule has 13 heavy (non-hydrogen) atoms. The summed E-state index contributed by atoms with van der Waals surface area (Å²) < 4.78 is 27.4. The minimum atomic E-state index is -3.77. The lowest BCUT2D eigenvalue weighted by molar-refractivity contribution is 0.409. The van der Waals surface area contributed by atoms with Crippen LogP contribution in [0.3, 0.4) is 0 Å². The van der Waals surface area contributed by atoms with Gasteiger partial charge in [-0.05, 0) is 22.6 Å². The Kier molecular flexibility index (Phi) is 3.36. The molecule has 0 saturated carbocycles. The Hall–Kier alpha value is -0.0800. The molecular formula is C6H5ClINO3S.